The van der Waals surface area contributed by atoms with Gasteiger partial charge in [0, 0.05) is 12.1 Å². The minimum atomic E-state index is -0.431. The fraction of sp³-hybridized carbons (Fsp3) is 0.632. The second-order valence-corrected chi connectivity index (χ2v) is 6.92. The van der Waals surface area contributed by atoms with Crippen molar-refractivity contribution in [3.8, 4) is 0 Å². The van der Waals surface area contributed by atoms with Crippen LogP contribution in [0.15, 0.2) is 24.3 Å². The predicted molar refractivity (Wildman–Crippen MR) is 93.5 cm³/mol. The van der Waals surface area contributed by atoms with E-state index in [1.54, 1.807) is 12.1 Å². The van der Waals surface area contributed by atoms with Gasteiger partial charge in [0.25, 0.3) is 0 Å². The standard InChI is InChI=1S/C19H29FN2O2/c1-14(2)24-19(23)21-17(12-15(3)22-10-6-7-11-22)13-16-8-4-5-9-18(16)20/h4-5,8-9,14-15,17H,6-7,10-13H2,1-3H3,(H,21,23). The van der Waals surface area contributed by atoms with Gasteiger partial charge in [-0.05, 0) is 71.2 Å². The van der Waals surface area contributed by atoms with Crippen LogP contribution < -0.4 is 5.32 Å². The van der Waals surface area contributed by atoms with Crippen LogP contribution in [0.1, 0.15) is 45.6 Å². The van der Waals surface area contributed by atoms with Crippen LogP contribution in [-0.4, -0.2) is 42.3 Å². The number of hydrogen-bond donors (Lipinski definition) is 1. The molecule has 1 fully saturated rings. The third-order valence-electron chi connectivity index (χ3n) is 4.48. The molecular weight excluding hydrogens is 307 g/mol. The summed E-state index contributed by atoms with van der Waals surface area (Å²) in [6.45, 7) is 8.01. The molecule has 1 amide bonds. The molecule has 134 valence electrons. The van der Waals surface area contributed by atoms with Gasteiger partial charge in [-0.3, -0.25) is 0 Å². The summed E-state index contributed by atoms with van der Waals surface area (Å²) in [5.41, 5.74) is 0.626. The summed E-state index contributed by atoms with van der Waals surface area (Å²) in [6, 6.07) is 6.95. The number of benzene rings is 1. The number of alkyl carbamates (subject to hydrolysis) is 1. The predicted octanol–water partition coefficient (Wildman–Crippen LogP) is 3.75. The highest BCUT2D eigenvalue weighted by molar-refractivity contribution is 5.67. The molecule has 2 rings (SSSR count). The van der Waals surface area contributed by atoms with Gasteiger partial charge in [-0.1, -0.05) is 18.2 Å². The summed E-state index contributed by atoms with van der Waals surface area (Å²) < 4.78 is 19.2. The Hall–Kier alpha value is -1.62. The van der Waals surface area contributed by atoms with Gasteiger partial charge in [-0.2, -0.15) is 0 Å². The average Bonchev–Trinajstić information content (AvgIpc) is 3.03. The summed E-state index contributed by atoms with van der Waals surface area (Å²) in [7, 11) is 0. The van der Waals surface area contributed by atoms with Gasteiger partial charge < -0.3 is 15.0 Å². The molecule has 1 N–H and O–H groups in total. The molecule has 4 nitrogen and oxygen atoms in total. The van der Waals surface area contributed by atoms with E-state index in [2.05, 4.69) is 17.1 Å². The number of rotatable bonds is 7. The molecule has 0 bridgehead atoms. The van der Waals surface area contributed by atoms with Gasteiger partial charge in [0.2, 0.25) is 0 Å². The Kier molecular flexibility index (Phi) is 7.03. The quantitative estimate of drug-likeness (QED) is 0.824. The van der Waals surface area contributed by atoms with E-state index in [4.69, 9.17) is 4.74 Å². The number of halogens is 1. The maximum Gasteiger partial charge on any atom is 0.407 e. The lowest BCUT2D eigenvalue weighted by Gasteiger charge is -2.28. The Labute approximate surface area is 144 Å². The molecule has 0 aliphatic carbocycles. The number of nitrogens with zero attached hydrogens (tertiary/aromatic N) is 1. The highest BCUT2D eigenvalue weighted by Gasteiger charge is 2.24. The fourth-order valence-electron chi connectivity index (χ4n) is 3.28. The lowest BCUT2D eigenvalue weighted by Crippen LogP contribution is -2.43. The van der Waals surface area contributed by atoms with Crippen LogP contribution in [0, 0.1) is 5.82 Å². The van der Waals surface area contributed by atoms with Crippen LogP contribution >= 0.6 is 0 Å². The molecule has 0 aromatic heterocycles. The highest BCUT2D eigenvalue weighted by atomic mass is 19.1. The summed E-state index contributed by atoms with van der Waals surface area (Å²) >= 11 is 0. The first-order chi connectivity index (χ1) is 11.5. The number of nitrogens with one attached hydrogen (secondary N) is 1. The lowest BCUT2D eigenvalue weighted by atomic mass is 9.99. The van der Waals surface area contributed by atoms with Crippen LogP contribution in [0.25, 0.3) is 0 Å². The summed E-state index contributed by atoms with van der Waals surface area (Å²) in [5.74, 6) is -0.227. The highest BCUT2D eigenvalue weighted by Crippen LogP contribution is 2.18. The summed E-state index contributed by atoms with van der Waals surface area (Å²) in [6.07, 6.45) is 3.10. The Morgan fingerprint density at radius 2 is 1.92 bits per heavy atom. The molecule has 2 unspecified atom stereocenters. The molecule has 0 saturated carbocycles. The number of likely N-dealkylation sites (tertiary alicyclic amines) is 1. The van der Waals surface area contributed by atoms with Crippen LogP contribution in [0.2, 0.25) is 0 Å². The van der Waals surface area contributed by atoms with Crippen LogP contribution in [0.3, 0.4) is 0 Å². The maximum atomic E-state index is 14.0. The van der Waals surface area contributed by atoms with Crippen molar-refractivity contribution in [3.63, 3.8) is 0 Å². The first kappa shape index (κ1) is 18.7. The smallest absolute Gasteiger partial charge is 0.407 e. The molecule has 2 atom stereocenters. The Morgan fingerprint density at radius 1 is 1.25 bits per heavy atom. The summed E-state index contributed by atoms with van der Waals surface area (Å²) in [5, 5.41) is 2.92. The van der Waals surface area contributed by atoms with E-state index in [9.17, 15) is 9.18 Å². The van der Waals surface area contributed by atoms with Crippen LogP contribution in [0.5, 0.6) is 0 Å². The van der Waals surface area contributed by atoms with Crippen molar-refractivity contribution < 1.29 is 13.9 Å². The SMILES string of the molecule is CC(C)OC(=O)NC(Cc1ccccc1F)CC(C)N1CCCC1. The van der Waals surface area contributed by atoms with Crippen molar-refractivity contribution in [2.75, 3.05) is 13.1 Å². The van der Waals surface area contributed by atoms with Crippen molar-refractivity contribution in [1.82, 2.24) is 10.2 Å². The Morgan fingerprint density at radius 3 is 2.54 bits per heavy atom. The monoisotopic (exact) mass is 336 g/mol. The molecule has 1 saturated heterocycles. The zero-order valence-corrected chi connectivity index (χ0v) is 14.9. The molecular formula is C19H29FN2O2. The first-order valence-corrected chi connectivity index (χ1v) is 8.90. The number of carbonyl (C=O) groups excluding carboxylic acids is 1. The zero-order valence-electron chi connectivity index (χ0n) is 14.9. The van der Waals surface area contributed by atoms with Crippen molar-refractivity contribution >= 4 is 6.09 Å². The fourth-order valence-corrected chi connectivity index (χ4v) is 3.28. The molecule has 5 heteroatoms. The molecule has 1 aromatic rings. The minimum Gasteiger partial charge on any atom is -0.447 e. The molecule has 1 aromatic carbocycles. The van der Waals surface area contributed by atoms with Crippen LogP contribution in [0.4, 0.5) is 9.18 Å². The van der Waals surface area contributed by atoms with Gasteiger partial charge in [-0.15, -0.1) is 0 Å². The van der Waals surface area contributed by atoms with Gasteiger partial charge in [0.15, 0.2) is 0 Å². The minimum absolute atomic E-state index is 0.149. The van der Waals surface area contributed by atoms with Gasteiger partial charge in [0.05, 0.1) is 6.10 Å². The second-order valence-electron chi connectivity index (χ2n) is 6.92. The number of amides is 1. The Bertz CT molecular complexity index is 530. The van der Waals surface area contributed by atoms with Gasteiger partial charge in [-0.25, -0.2) is 9.18 Å². The van der Waals surface area contributed by atoms with E-state index in [0.717, 1.165) is 19.5 Å². The first-order valence-electron chi connectivity index (χ1n) is 8.90. The van der Waals surface area contributed by atoms with Crippen molar-refractivity contribution in [2.24, 2.45) is 0 Å². The molecule has 1 heterocycles. The third-order valence-corrected chi connectivity index (χ3v) is 4.48. The van der Waals surface area contributed by atoms with E-state index in [-0.39, 0.29) is 18.0 Å². The molecule has 0 radical (unpaired) electrons. The molecule has 1 aliphatic rings. The van der Waals surface area contributed by atoms with E-state index >= 15 is 0 Å². The normalized spacial score (nSPS) is 17.7. The zero-order chi connectivity index (χ0) is 17.5. The van der Waals surface area contributed by atoms with Crippen LogP contribution in [-0.2, 0) is 11.2 Å². The number of hydrogen-bond acceptors (Lipinski definition) is 3. The summed E-state index contributed by atoms with van der Waals surface area (Å²) in [4.78, 5) is 14.4. The number of carbonyl (C=O) groups is 1. The third kappa shape index (κ3) is 5.78. The Balaban J connectivity index is 2.02. The van der Waals surface area contributed by atoms with Crippen molar-refractivity contribution in [3.05, 3.63) is 35.6 Å². The molecule has 1 aliphatic heterocycles. The van der Waals surface area contributed by atoms with Gasteiger partial charge in [0.1, 0.15) is 5.82 Å². The maximum absolute atomic E-state index is 14.0. The van der Waals surface area contributed by atoms with E-state index < -0.39 is 6.09 Å². The van der Waals surface area contributed by atoms with Gasteiger partial charge >= 0.3 is 6.09 Å². The number of ether oxygens (including phenoxy) is 1. The lowest BCUT2D eigenvalue weighted by molar-refractivity contribution is 0.109. The molecule has 0 spiro atoms. The average molecular weight is 336 g/mol. The van der Waals surface area contributed by atoms with E-state index in [1.165, 1.54) is 18.9 Å². The molecule has 24 heavy (non-hydrogen) atoms. The van der Waals surface area contributed by atoms with E-state index in [1.807, 2.05) is 19.9 Å². The van der Waals surface area contributed by atoms with Crippen molar-refractivity contribution in [2.45, 2.75) is 64.6 Å². The van der Waals surface area contributed by atoms with E-state index in [0.29, 0.717) is 18.0 Å². The largest absolute Gasteiger partial charge is 0.447 e. The topological polar surface area (TPSA) is 41.6 Å². The second kappa shape index (κ2) is 9.02. The van der Waals surface area contributed by atoms with Crippen molar-refractivity contribution in [1.29, 1.82) is 0 Å².